The van der Waals surface area contributed by atoms with Crippen LogP contribution in [0.2, 0.25) is 0 Å². The van der Waals surface area contributed by atoms with E-state index in [1.807, 2.05) is 0 Å². The van der Waals surface area contributed by atoms with Crippen LogP contribution in [0.25, 0.3) is 0 Å². The highest BCUT2D eigenvalue weighted by atomic mass is 32.2. The molecule has 0 fully saturated rings. The van der Waals surface area contributed by atoms with Crippen LogP contribution in [0.3, 0.4) is 0 Å². The first-order valence-electron chi connectivity index (χ1n) is 6.08. The first-order chi connectivity index (χ1) is 9.65. The molecule has 5 heteroatoms. The number of hydrogen-bond donors (Lipinski definition) is 1. The van der Waals surface area contributed by atoms with Crippen molar-refractivity contribution in [3.05, 3.63) is 60.2 Å². The van der Waals surface area contributed by atoms with Gasteiger partial charge >= 0.3 is 0 Å². The Morgan fingerprint density at radius 2 is 1.75 bits per heavy atom. The van der Waals surface area contributed by atoms with E-state index in [2.05, 4.69) is 5.32 Å². The predicted molar refractivity (Wildman–Crippen MR) is 76.8 cm³/mol. The summed E-state index contributed by atoms with van der Waals surface area (Å²) in [4.78, 5) is 12.2. The van der Waals surface area contributed by atoms with Crippen LogP contribution in [0.4, 0.5) is 14.5 Å². The Kier molecular flexibility index (Phi) is 5.12. The van der Waals surface area contributed by atoms with Crippen molar-refractivity contribution in [2.45, 2.75) is 11.3 Å². The molecule has 1 amide bonds. The van der Waals surface area contributed by atoms with Crippen LogP contribution in [0, 0.1) is 11.6 Å². The number of hydrogen-bond acceptors (Lipinski definition) is 2. The maximum absolute atomic E-state index is 13.3. The van der Waals surface area contributed by atoms with Crippen LogP contribution in [-0.4, -0.2) is 11.7 Å². The lowest BCUT2D eigenvalue weighted by molar-refractivity contribution is -0.115. The van der Waals surface area contributed by atoms with Crippen LogP contribution in [-0.2, 0) is 4.79 Å². The van der Waals surface area contributed by atoms with Gasteiger partial charge in [-0.2, -0.15) is 0 Å². The Bertz CT molecular complexity index is 587. The Hall–Kier alpha value is -1.88. The van der Waals surface area contributed by atoms with Crippen molar-refractivity contribution in [2.24, 2.45) is 0 Å². The van der Waals surface area contributed by atoms with Crippen LogP contribution >= 0.6 is 11.8 Å². The number of carbonyl (C=O) groups is 1. The summed E-state index contributed by atoms with van der Waals surface area (Å²) in [5, 5.41) is 2.66. The van der Waals surface area contributed by atoms with E-state index >= 15 is 0 Å². The fourth-order valence-electron chi connectivity index (χ4n) is 1.57. The minimum absolute atomic E-state index is 0.180. The molecule has 0 radical (unpaired) electrons. The second-order valence-electron chi connectivity index (χ2n) is 4.08. The molecular weight excluding hydrogens is 280 g/mol. The third kappa shape index (κ3) is 4.35. The van der Waals surface area contributed by atoms with E-state index in [0.717, 1.165) is 0 Å². The highest BCUT2D eigenvalue weighted by Gasteiger charge is 2.05. The minimum atomic E-state index is -0.349. The normalized spacial score (nSPS) is 10.3. The van der Waals surface area contributed by atoms with Gasteiger partial charge in [0.25, 0.3) is 0 Å². The van der Waals surface area contributed by atoms with Crippen molar-refractivity contribution in [3.63, 3.8) is 0 Å². The molecule has 0 aliphatic rings. The molecule has 0 saturated heterocycles. The van der Waals surface area contributed by atoms with Gasteiger partial charge in [-0.05, 0) is 36.4 Å². The first kappa shape index (κ1) is 14.5. The van der Waals surface area contributed by atoms with Crippen molar-refractivity contribution in [1.82, 2.24) is 0 Å². The van der Waals surface area contributed by atoms with E-state index in [9.17, 15) is 13.6 Å². The van der Waals surface area contributed by atoms with Gasteiger partial charge in [0, 0.05) is 22.8 Å². The molecule has 0 aromatic heterocycles. The third-order valence-corrected chi connectivity index (χ3v) is 3.60. The van der Waals surface area contributed by atoms with Crippen molar-refractivity contribution >= 4 is 23.4 Å². The fraction of sp³-hybridized carbons (Fsp3) is 0.133. The summed E-state index contributed by atoms with van der Waals surface area (Å²) in [6.07, 6.45) is 0.260. The number of rotatable bonds is 5. The summed E-state index contributed by atoms with van der Waals surface area (Å²) < 4.78 is 26.0. The Labute approximate surface area is 120 Å². The highest BCUT2D eigenvalue weighted by molar-refractivity contribution is 7.99. The lowest BCUT2D eigenvalue weighted by atomic mass is 10.3. The van der Waals surface area contributed by atoms with Crippen LogP contribution in [0.5, 0.6) is 0 Å². The van der Waals surface area contributed by atoms with Crippen LogP contribution in [0.1, 0.15) is 6.42 Å². The number of anilines is 1. The zero-order valence-corrected chi connectivity index (χ0v) is 11.4. The average molecular weight is 293 g/mol. The van der Waals surface area contributed by atoms with Crippen LogP contribution < -0.4 is 5.32 Å². The molecule has 20 heavy (non-hydrogen) atoms. The molecule has 0 heterocycles. The van der Waals surface area contributed by atoms with Gasteiger partial charge in [-0.1, -0.05) is 12.1 Å². The standard InChI is InChI=1S/C15H13F2NOS/c16-11-5-7-12(8-6-11)18-15(19)9-10-20-14-4-2-1-3-13(14)17/h1-8H,9-10H2,(H,18,19). The molecule has 0 atom stereocenters. The maximum Gasteiger partial charge on any atom is 0.225 e. The van der Waals surface area contributed by atoms with Gasteiger partial charge in [0.05, 0.1) is 0 Å². The van der Waals surface area contributed by atoms with Crippen molar-refractivity contribution < 1.29 is 13.6 Å². The Morgan fingerprint density at radius 3 is 2.45 bits per heavy atom. The minimum Gasteiger partial charge on any atom is -0.326 e. The van der Waals surface area contributed by atoms with Gasteiger partial charge in [-0.25, -0.2) is 8.78 Å². The Morgan fingerprint density at radius 1 is 1.05 bits per heavy atom. The molecule has 104 valence electrons. The molecule has 1 N–H and O–H groups in total. The molecular formula is C15H13F2NOS. The molecule has 0 saturated carbocycles. The van der Waals surface area contributed by atoms with Crippen molar-refractivity contribution in [2.75, 3.05) is 11.1 Å². The summed E-state index contributed by atoms with van der Waals surface area (Å²) in [5.74, 6) is -0.330. The quantitative estimate of drug-likeness (QED) is 0.841. The molecule has 0 aliphatic heterocycles. The maximum atomic E-state index is 13.3. The number of halogens is 2. The third-order valence-electron chi connectivity index (χ3n) is 2.55. The topological polar surface area (TPSA) is 29.1 Å². The summed E-state index contributed by atoms with van der Waals surface area (Å²) in [5.41, 5.74) is 0.548. The number of amides is 1. The molecule has 0 unspecified atom stereocenters. The lowest BCUT2D eigenvalue weighted by Gasteiger charge is -2.05. The van der Waals surface area contributed by atoms with Gasteiger partial charge in [0.2, 0.25) is 5.91 Å². The number of thioether (sulfide) groups is 1. The van der Waals surface area contributed by atoms with Crippen molar-refractivity contribution in [1.29, 1.82) is 0 Å². The van der Waals surface area contributed by atoms with Crippen molar-refractivity contribution in [3.8, 4) is 0 Å². The highest BCUT2D eigenvalue weighted by Crippen LogP contribution is 2.21. The zero-order chi connectivity index (χ0) is 14.4. The molecule has 2 aromatic rings. The molecule has 0 aliphatic carbocycles. The molecule has 0 spiro atoms. The summed E-state index contributed by atoms with van der Waals surface area (Å²) >= 11 is 1.29. The van der Waals surface area contributed by atoms with E-state index in [1.165, 1.54) is 42.1 Å². The van der Waals surface area contributed by atoms with E-state index in [1.54, 1.807) is 18.2 Å². The lowest BCUT2D eigenvalue weighted by Crippen LogP contribution is -2.12. The zero-order valence-electron chi connectivity index (χ0n) is 10.6. The Balaban J connectivity index is 1.78. The van der Waals surface area contributed by atoms with Gasteiger partial charge < -0.3 is 5.32 Å². The smallest absolute Gasteiger partial charge is 0.225 e. The second-order valence-corrected chi connectivity index (χ2v) is 5.22. The van der Waals surface area contributed by atoms with Gasteiger partial charge in [0.1, 0.15) is 11.6 Å². The van der Waals surface area contributed by atoms with E-state index in [4.69, 9.17) is 0 Å². The van der Waals surface area contributed by atoms with Crippen LogP contribution in [0.15, 0.2) is 53.4 Å². The summed E-state index contributed by atoms with van der Waals surface area (Å²) in [7, 11) is 0. The number of benzene rings is 2. The molecule has 0 bridgehead atoms. The predicted octanol–water partition coefficient (Wildman–Crippen LogP) is 4.09. The largest absolute Gasteiger partial charge is 0.326 e. The van der Waals surface area contributed by atoms with E-state index < -0.39 is 0 Å². The number of nitrogens with one attached hydrogen (secondary N) is 1. The second kappa shape index (κ2) is 7.05. The van der Waals surface area contributed by atoms with Gasteiger partial charge in [0.15, 0.2) is 0 Å². The molecule has 2 nitrogen and oxygen atoms in total. The first-order valence-corrected chi connectivity index (χ1v) is 7.06. The van der Waals surface area contributed by atoms with Gasteiger partial charge in [-0.3, -0.25) is 4.79 Å². The fourth-order valence-corrected chi connectivity index (χ4v) is 2.46. The average Bonchev–Trinajstić information content (AvgIpc) is 2.43. The monoisotopic (exact) mass is 293 g/mol. The molecule has 2 aromatic carbocycles. The van der Waals surface area contributed by atoms with E-state index in [0.29, 0.717) is 16.3 Å². The molecule has 2 rings (SSSR count). The van der Waals surface area contributed by atoms with Gasteiger partial charge in [-0.15, -0.1) is 11.8 Å². The summed E-state index contributed by atoms with van der Waals surface area (Å²) in [6, 6.07) is 12.0. The SMILES string of the molecule is O=C(CCSc1ccccc1F)Nc1ccc(F)cc1. The van der Waals surface area contributed by atoms with E-state index in [-0.39, 0.29) is 24.0 Å². The summed E-state index contributed by atoms with van der Waals surface area (Å²) in [6.45, 7) is 0. The number of carbonyl (C=O) groups excluding carboxylic acids is 1.